The molecule has 0 N–H and O–H groups in total. The Morgan fingerprint density at radius 1 is 1.33 bits per heavy atom. The summed E-state index contributed by atoms with van der Waals surface area (Å²) in [7, 11) is 0. The Bertz CT molecular complexity index is 361. The van der Waals surface area contributed by atoms with Crippen LogP contribution in [0.1, 0.15) is 39.0 Å². The summed E-state index contributed by atoms with van der Waals surface area (Å²) in [5.74, 6) is 0.314. The average molecular weight is 249 g/mol. The van der Waals surface area contributed by atoms with Gasteiger partial charge in [-0.3, -0.25) is 9.69 Å². The summed E-state index contributed by atoms with van der Waals surface area (Å²) >= 11 is 0. The molecule has 0 amide bonds. The van der Waals surface area contributed by atoms with Crippen LogP contribution in [0.2, 0.25) is 0 Å². The number of imidazole rings is 1. The number of hydrogen-bond acceptors (Lipinski definition) is 3. The Morgan fingerprint density at radius 2 is 2.22 bits per heavy atom. The zero-order valence-electron chi connectivity index (χ0n) is 11.2. The fourth-order valence-corrected chi connectivity index (χ4v) is 2.76. The lowest BCUT2D eigenvalue weighted by molar-refractivity contribution is -0.118. The molecule has 100 valence electrons. The maximum absolute atomic E-state index is 11.4. The lowest BCUT2D eigenvalue weighted by Crippen LogP contribution is -2.38. The minimum Gasteiger partial charge on any atom is -0.336 e. The molecule has 18 heavy (non-hydrogen) atoms. The van der Waals surface area contributed by atoms with Gasteiger partial charge in [-0.1, -0.05) is 12.8 Å². The molecule has 0 aromatic carbocycles. The largest absolute Gasteiger partial charge is 0.336 e. The van der Waals surface area contributed by atoms with E-state index in [4.69, 9.17) is 0 Å². The lowest BCUT2D eigenvalue weighted by atomic mass is 10.0. The van der Waals surface area contributed by atoms with E-state index in [0.29, 0.717) is 18.2 Å². The first-order valence-corrected chi connectivity index (χ1v) is 6.95. The topological polar surface area (TPSA) is 38.1 Å². The van der Waals surface area contributed by atoms with Crippen molar-refractivity contribution in [3.63, 3.8) is 0 Å². The third kappa shape index (κ3) is 3.95. The maximum Gasteiger partial charge on any atom is 0.131 e. The molecule has 1 fully saturated rings. The van der Waals surface area contributed by atoms with Crippen LogP contribution >= 0.6 is 0 Å². The van der Waals surface area contributed by atoms with Gasteiger partial charge in [0.2, 0.25) is 0 Å². The number of carbonyl (C=O) groups is 1. The van der Waals surface area contributed by atoms with Gasteiger partial charge in [0.15, 0.2) is 0 Å². The van der Waals surface area contributed by atoms with Crippen LogP contribution in [0.15, 0.2) is 18.7 Å². The van der Waals surface area contributed by atoms with E-state index in [0.717, 1.165) is 19.6 Å². The van der Waals surface area contributed by atoms with E-state index in [2.05, 4.69) is 14.5 Å². The summed E-state index contributed by atoms with van der Waals surface area (Å²) in [6.45, 7) is 4.83. The molecule has 1 aliphatic heterocycles. The molecule has 0 radical (unpaired) electrons. The van der Waals surface area contributed by atoms with Crippen molar-refractivity contribution in [2.75, 3.05) is 13.1 Å². The lowest BCUT2D eigenvalue weighted by Gasteiger charge is -2.29. The highest BCUT2D eigenvalue weighted by Gasteiger charge is 2.21. The number of carbonyl (C=O) groups excluding carboxylic acids is 1. The standard InChI is InChI=1S/C14H23N3O/c1-13(18)11-14-5-3-2-4-7-17(14)10-9-16-8-6-15-12-16/h6,8,12,14H,2-5,7,9-11H2,1H3. The van der Waals surface area contributed by atoms with Crippen LogP contribution in [-0.2, 0) is 11.3 Å². The predicted octanol–water partition coefficient (Wildman–Crippen LogP) is 2.11. The highest BCUT2D eigenvalue weighted by Crippen LogP contribution is 2.19. The van der Waals surface area contributed by atoms with Crippen molar-refractivity contribution in [2.24, 2.45) is 0 Å². The average Bonchev–Trinajstić information content (AvgIpc) is 2.75. The van der Waals surface area contributed by atoms with E-state index >= 15 is 0 Å². The molecule has 0 saturated carbocycles. The highest BCUT2D eigenvalue weighted by molar-refractivity contribution is 5.76. The van der Waals surface area contributed by atoms with Gasteiger partial charge in [0.05, 0.1) is 6.33 Å². The van der Waals surface area contributed by atoms with Crippen molar-refractivity contribution in [3.8, 4) is 0 Å². The molecular weight excluding hydrogens is 226 g/mol. The van der Waals surface area contributed by atoms with Gasteiger partial charge in [-0.25, -0.2) is 4.98 Å². The second-order valence-electron chi connectivity index (χ2n) is 5.25. The molecular formula is C14H23N3O. The smallest absolute Gasteiger partial charge is 0.131 e. The van der Waals surface area contributed by atoms with Crippen molar-refractivity contribution >= 4 is 5.78 Å². The third-order valence-electron chi connectivity index (χ3n) is 3.73. The summed E-state index contributed by atoms with van der Waals surface area (Å²) in [5.41, 5.74) is 0. The van der Waals surface area contributed by atoms with Crippen molar-refractivity contribution in [2.45, 2.75) is 51.6 Å². The number of rotatable bonds is 5. The van der Waals surface area contributed by atoms with Gasteiger partial charge < -0.3 is 4.57 Å². The number of Topliss-reactive ketones (excluding diaryl/α,β-unsaturated/α-hetero) is 1. The van der Waals surface area contributed by atoms with Crippen LogP contribution in [0.4, 0.5) is 0 Å². The summed E-state index contributed by atoms with van der Waals surface area (Å²) < 4.78 is 2.11. The number of likely N-dealkylation sites (tertiary alicyclic amines) is 1. The summed E-state index contributed by atoms with van der Waals surface area (Å²) in [5, 5.41) is 0. The Morgan fingerprint density at radius 3 is 2.94 bits per heavy atom. The Labute approximate surface area is 109 Å². The zero-order valence-corrected chi connectivity index (χ0v) is 11.2. The predicted molar refractivity (Wildman–Crippen MR) is 71.4 cm³/mol. The molecule has 2 heterocycles. The molecule has 2 rings (SSSR count). The van der Waals surface area contributed by atoms with Crippen LogP contribution in [0.25, 0.3) is 0 Å². The second-order valence-corrected chi connectivity index (χ2v) is 5.25. The first-order valence-electron chi connectivity index (χ1n) is 6.95. The minimum absolute atomic E-state index is 0.314. The third-order valence-corrected chi connectivity index (χ3v) is 3.73. The van der Waals surface area contributed by atoms with Crippen molar-refractivity contribution in [1.82, 2.24) is 14.5 Å². The van der Waals surface area contributed by atoms with Gasteiger partial charge in [-0.2, -0.15) is 0 Å². The molecule has 1 saturated heterocycles. The SMILES string of the molecule is CC(=O)CC1CCCCCN1CCn1ccnc1. The van der Waals surface area contributed by atoms with Crippen LogP contribution in [0.3, 0.4) is 0 Å². The van der Waals surface area contributed by atoms with E-state index in [1.807, 2.05) is 18.7 Å². The zero-order chi connectivity index (χ0) is 12.8. The van der Waals surface area contributed by atoms with Gasteiger partial charge in [-0.15, -0.1) is 0 Å². The van der Waals surface area contributed by atoms with E-state index < -0.39 is 0 Å². The molecule has 1 aromatic heterocycles. The van der Waals surface area contributed by atoms with E-state index in [9.17, 15) is 4.79 Å². The summed E-state index contributed by atoms with van der Waals surface area (Å²) in [6.07, 6.45) is 11.4. The maximum atomic E-state index is 11.4. The molecule has 1 aliphatic rings. The molecule has 0 spiro atoms. The first-order chi connectivity index (χ1) is 8.75. The van der Waals surface area contributed by atoms with Crippen molar-refractivity contribution in [3.05, 3.63) is 18.7 Å². The van der Waals surface area contributed by atoms with Gasteiger partial charge in [-0.05, 0) is 26.3 Å². The number of hydrogen-bond donors (Lipinski definition) is 0. The number of ketones is 1. The highest BCUT2D eigenvalue weighted by atomic mass is 16.1. The van der Waals surface area contributed by atoms with Gasteiger partial charge in [0, 0.05) is 37.9 Å². The van der Waals surface area contributed by atoms with Gasteiger partial charge in [0.1, 0.15) is 5.78 Å². The minimum atomic E-state index is 0.314. The van der Waals surface area contributed by atoms with E-state index in [-0.39, 0.29) is 0 Å². The number of aromatic nitrogens is 2. The molecule has 1 aromatic rings. The molecule has 1 unspecified atom stereocenters. The van der Waals surface area contributed by atoms with E-state index in [1.165, 1.54) is 25.7 Å². The van der Waals surface area contributed by atoms with E-state index in [1.54, 1.807) is 6.92 Å². The van der Waals surface area contributed by atoms with Crippen LogP contribution in [0, 0.1) is 0 Å². The molecule has 1 atom stereocenters. The Kier molecular flexibility index (Phi) is 4.93. The van der Waals surface area contributed by atoms with Crippen LogP contribution in [-0.4, -0.2) is 39.4 Å². The fourth-order valence-electron chi connectivity index (χ4n) is 2.76. The molecule has 4 nitrogen and oxygen atoms in total. The molecule has 0 bridgehead atoms. The van der Waals surface area contributed by atoms with Crippen LogP contribution in [0.5, 0.6) is 0 Å². The van der Waals surface area contributed by atoms with Crippen LogP contribution < -0.4 is 0 Å². The molecule has 4 heteroatoms. The summed E-state index contributed by atoms with van der Waals surface area (Å²) in [6, 6.07) is 0.452. The molecule has 0 aliphatic carbocycles. The summed E-state index contributed by atoms with van der Waals surface area (Å²) in [4.78, 5) is 17.9. The van der Waals surface area contributed by atoms with Crippen molar-refractivity contribution < 1.29 is 4.79 Å². The number of nitrogens with zero attached hydrogens (tertiary/aromatic N) is 3. The Hall–Kier alpha value is -1.16. The first kappa shape index (κ1) is 13.3. The van der Waals surface area contributed by atoms with Gasteiger partial charge >= 0.3 is 0 Å². The van der Waals surface area contributed by atoms with Crippen molar-refractivity contribution in [1.29, 1.82) is 0 Å². The normalized spacial score (nSPS) is 21.7. The fraction of sp³-hybridized carbons (Fsp3) is 0.714. The quantitative estimate of drug-likeness (QED) is 0.802. The van der Waals surface area contributed by atoms with Gasteiger partial charge in [0.25, 0.3) is 0 Å². The monoisotopic (exact) mass is 249 g/mol. The Balaban J connectivity index is 1.90. The second kappa shape index (κ2) is 6.69.